The van der Waals surface area contributed by atoms with Gasteiger partial charge in [-0.1, -0.05) is 91.0 Å². The second kappa shape index (κ2) is 8.83. The van der Waals surface area contributed by atoms with Crippen LogP contribution in [0.4, 0.5) is 4.79 Å². The Morgan fingerprint density at radius 1 is 0.829 bits per heavy atom. The van der Waals surface area contributed by atoms with Gasteiger partial charge >= 0.3 is 6.09 Å². The van der Waals surface area contributed by atoms with Gasteiger partial charge in [0.15, 0.2) is 0 Å². The Morgan fingerprint density at radius 3 is 1.69 bits per heavy atom. The Bertz CT molecular complexity index is 1060. The van der Waals surface area contributed by atoms with Crippen LogP contribution in [-0.2, 0) is 10.3 Å². The normalized spacial score (nSPS) is 22.7. The number of carbonyl (C=O) groups excluding carboxylic acids is 1. The quantitative estimate of drug-likeness (QED) is 0.412. The minimum absolute atomic E-state index is 0.110. The SMILES string of the molecule is CC(C)(C)OC(=O)N1C2CCC1(C)CN(C(c1ccccc1)(c1ccccc1)c1ccccc1)C2. The van der Waals surface area contributed by atoms with E-state index in [1.807, 2.05) is 25.7 Å². The molecular formula is C31H36N2O2. The zero-order chi connectivity index (χ0) is 24.7. The van der Waals surface area contributed by atoms with Gasteiger partial charge in [0.2, 0.25) is 0 Å². The molecule has 0 aromatic heterocycles. The molecule has 2 aliphatic heterocycles. The molecule has 2 heterocycles. The molecular weight excluding hydrogens is 432 g/mol. The standard InChI is InChI=1S/C31H36N2O2/c1-29(2,3)35-28(34)33-27-20-21-30(33,4)23-32(22-27)31(24-14-8-5-9-15-24,25-16-10-6-11-17-25)26-18-12-7-13-19-26/h5-19,27H,20-23H2,1-4H3. The third-order valence-corrected chi connectivity index (χ3v) is 7.56. The van der Waals surface area contributed by atoms with E-state index in [0.717, 1.165) is 25.9 Å². The number of ether oxygens (including phenoxy) is 1. The summed E-state index contributed by atoms with van der Waals surface area (Å²) in [5.74, 6) is 0. The molecule has 0 aliphatic carbocycles. The molecule has 0 N–H and O–H groups in total. The topological polar surface area (TPSA) is 32.8 Å². The molecule has 0 saturated carbocycles. The van der Waals surface area contributed by atoms with E-state index >= 15 is 0 Å². The molecule has 2 fully saturated rings. The summed E-state index contributed by atoms with van der Waals surface area (Å²) < 4.78 is 5.87. The highest BCUT2D eigenvalue weighted by atomic mass is 16.6. The van der Waals surface area contributed by atoms with Gasteiger partial charge < -0.3 is 4.74 Å². The van der Waals surface area contributed by atoms with Gasteiger partial charge in [0, 0.05) is 19.1 Å². The predicted octanol–water partition coefficient (Wildman–Crippen LogP) is 6.45. The molecule has 2 atom stereocenters. The average Bonchev–Trinajstić information content (AvgIpc) is 3.06. The van der Waals surface area contributed by atoms with Crippen molar-refractivity contribution in [2.24, 2.45) is 0 Å². The maximum atomic E-state index is 13.3. The van der Waals surface area contributed by atoms with Crippen molar-refractivity contribution in [1.29, 1.82) is 0 Å². The lowest BCUT2D eigenvalue weighted by atomic mass is 9.74. The molecule has 2 aliphatic rings. The van der Waals surface area contributed by atoms with Gasteiger partial charge in [-0.3, -0.25) is 9.80 Å². The molecule has 182 valence electrons. The summed E-state index contributed by atoms with van der Waals surface area (Å²) in [6, 6.07) is 32.6. The van der Waals surface area contributed by atoms with E-state index in [1.165, 1.54) is 16.7 Å². The van der Waals surface area contributed by atoms with Crippen LogP contribution < -0.4 is 0 Å². The summed E-state index contributed by atoms with van der Waals surface area (Å²) in [4.78, 5) is 18.0. The van der Waals surface area contributed by atoms with E-state index < -0.39 is 11.1 Å². The molecule has 4 nitrogen and oxygen atoms in total. The van der Waals surface area contributed by atoms with Crippen LogP contribution in [0.25, 0.3) is 0 Å². The first-order valence-corrected chi connectivity index (χ1v) is 12.7. The summed E-state index contributed by atoms with van der Waals surface area (Å²) in [5.41, 5.74) is 2.46. The third kappa shape index (κ3) is 4.14. The largest absolute Gasteiger partial charge is 0.444 e. The van der Waals surface area contributed by atoms with Gasteiger partial charge in [0.25, 0.3) is 0 Å². The number of carbonyl (C=O) groups is 1. The van der Waals surface area contributed by atoms with Crippen molar-refractivity contribution in [2.45, 2.75) is 63.3 Å². The number of fused-ring (bicyclic) bond motifs is 2. The number of likely N-dealkylation sites (tertiary alicyclic amines) is 1. The predicted molar refractivity (Wildman–Crippen MR) is 140 cm³/mol. The van der Waals surface area contributed by atoms with Crippen molar-refractivity contribution in [3.05, 3.63) is 108 Å². The third-order valence-electron chi connectivity index (χ3n) is 7.56. The lowest BCUT2D eigenvalue weighted by molar-refractivity contribution is -0.0433. The number of hydrogen-bond donors (Lipinski definition) is 0. The highest BCUT2D eigenvalue weighted by molar-refractivity contribution is 5.70. The smallest absolute Gasteiger partial charge is 0.411 e. The van der Waals surface area contributed by atoms with Crippen LogP contribution in [-0.4, -0.2) is 46.2 Å². The second-order valence-electron chi connectivity index (χ2n) is 11.2. The molecule has 1 amide bonds. The molecule has 3 aromatic rings. The van der Waals surface area contributed by atoms with E-state index in [4.69, 9.17) is 4.74 Å². The zero-order valence-electron chi connectivity index (χ0n) is 21.3. The van der Waals surface area contributed by atoms with Crippen molar-refractivity contribution in [3.8, 4) is 0 Å². The van der Waals surface area contributed by atoms with Crippen molar-refractivity contribution in [1.82, 2.24) is 9.80 Å². The number of nitrogens with zero attached hydrogens (tertiary/aromatic N) is 2. The molecule has 0 spiro atoms. The summed E-state index contributed by atoms with van der Waals surface area (Å²) in [6.45, 7) is 9.60. The average molecular weight is 469 g/mol. The maximum absolute atomic E-state index is 13.3. The minimum Gasteiger partial charge on any atom is -0.444 e. The van der Waals surface area contributed by atoms with Gasteiger partial charge in [-0.05, 0) is 57.2 Å². The Morgan fingerprint density at radius 2 is 1.29 bits per heavy atom. The number of hydrogen-bond acceptors (Lipinski definition) is 3. The number of benzene rings is 3. The van der Waals surface area contributed by atoms with Gasteiger partial charge in [-0.15, -0.1) is 0 Å². The molecule has 3 aromatic carbocycles. The highest BCUT2D eigenvalue weighted by Crippen LogP contribution is 2.49. The van der Waals surface area contributed by atoms with Crippen LogP contribution >= 0.6 is 0 Å². The van der Waals surface area contributed by atoms with Crippen LogP contribution in [0.3, 0.4) is 0 Å². The zero-order valence-corrected chi connectivity index (χ0v) is 21.3. The van der Waals surface area contributed by atoms with E-state index in [-0.39, 0.29) is 17.7 Å². The number of rotatable bonds is 4. The molecule has 2 saturated heterocycles. The van der Waals surface area contributed by atoms with Crippen molar-refractivity contribution < 1.29 is 9.53 Å². The molecule has 5 rings (SSSR count). The summed E-state index contributed by atoms with van der Waals surface area (Å²) in [7, 11) is 0. The molecule has 35 heavy (non-hydrogen) atoms. The number of piperazine rings is 1. The van der Waals surface area contributed by atoms with Crippen LogP contribution in [0.15, 0.2) is 91.0 Å². The monoisotopic (exact) mass is 468 g/mol. The van der Waals surface area contributed by atoms with E-state index in [1.54, 1.807) is 0 Å². The lowest BCUT2D eigenvalue weighted by Gasteiger charge is -2.54. The highest BCUT2D eigenvalue weighted by Gasteiger charge is 2.56. The molecule has 2 unspecified atom stereocenters. The Hall–Kier alpha value is -3.11. The minimum atomic E-state index is -0.508. The van der Waals surface area contributed by atoms with E-state index in [9.17, 15) is 4.79 Å². The molecule has 4 heteroatoms. The first-order valence-electron chi connectivity index (χ1n) is 12.7. The first kappa shape index (κ1) is 23.6. The Labute approximate surface area is 209 Å². The summed E-state index contributed by atoms with van der Waals surface area (Å²) in [6.07, 6.45) is 1.77. The van der Waals surface area contributed by atoms with Gasteiger partial charge in [0.05, 0.1) is 11.1 Å². The summed E-state index contributed by atoms with van der Waals surface area (Å²) >= 11 is 0. The maximum Gasteiger partial charge on any atom is 0.411 e. The van der Waals surface area contributed by atoms with Crippen molar-refractivity contribution in [2.75, 3.05) is 13.1 Å². The van der Waals surface area contributed by atoms with Gasteiger partial charge in [-0.25, -0.2) is 4.79 Å². The molecule has 0 radical (unpaired) electrons. The van der Waals surface area contributed by atoms with Crippen molar-refractivity contribution in [3.63, 3.8) is 0 Å². The second-order valence-corrected chi connectivity index (χ2v) is 11.2. The fourth-order valence-corrected chi connectivity index (χ4v) is 6.25. The van der Waals surface area contributed by atoms with E-state index in [0.29, 0.717) is 0 Å². The van der Waals surface area contributed by atoms with Crippen LogP contribution in [0.1, 0.15) is 57.2 Å². The first-order chi connectivity index (χ1) is 16.7. The van der Waals surface area contributed by atoms with Crippen LogP contribution in [0, 0.1) is 0 Å². The van der Waals surface area contributed by atoms with Crippen LogP contribution in [0.5, 0.6) is 0 Å². The Balaban J connectivity index is 1.65. The summed E-state index contributed by atoms with van der Waals surface area (Å²) in [5, 5.41) is 0. The Kier molecular flexibility index (Phi) is 5.96. The van der Waals surface area contributed by atoms with Gasteiger partial charge in [-0.2, -0.15) is 0 Å². The van der Waals surface area contributed by atoms with Gasteiger partial charge in [0.1, 0.15) is 5.60 Å². The fourth-order valence-electron chi connectivity index (χ4n) is 6.25. The van der Waals surface area contributed by atoms with E-state index in [2.05, 4.69) is 103 Å². The lowest BCUT2D eigenvalue weighted by Crippen LogP contribution is -2.66. The van der Waals surface area contributed by atoms with Crippen molar-refractivity contribution >= 4 is 6.09 Å². The number of amides is 1. The molecule has 2 bridgehead atoms. The fraction of sp³-hybridized carbons (Fsp3) is 0.387. The van der Waals surface area contributed by atoms with Crippen LogP contribution in [0.2, 0.25) is 0 Å².